The first-order valence-electron chi connectivity index (χ1n) is 22.7. The molecule has 0 aromatic heterocycles. The molecule has 0 saturated carbocycles. The van der Waals surface area contributed by atoms with Gasteiger partial charge in [-0.1, -0.05) is 92.0 Å². The Kier molecular flexibility index (Phi) is 25.4. The number of ether oxygens (including phenoxy) is 4. The van der Waals surface area contributed by atoms with Gasteiger partial charge < -0.3 is 81.1 Å². The molecule has 1 amide bonds. The molecular weight excluding hydrogens is 887 g/mol. The highest BCUT2D eigenvalue weighted by atomic mass is 19.3. The number of nitrogens with one attached hydrogen (secondary N) is 1. The predicted molar refractivity (Wildman–Crippen MR) is 239 cm³/mol. The number of cyclic esters (lactones) is 1. The molecule has 17 atom stereocenters. The van der Waals surface area contributed by atoms with Crippen LogP contribution in [0.3, 0.4) is 0 Å². The molecule has 7 unspecified atom stereocenters. The second-order valence-corrected chi connectivity index (χ2v) is 17.5. The number of aliphatic hydroxyl groups excluding tert-OH is 9. The summed E-state index contributed by atoms with van der Waals surface area (Å²) in [5.41, 5.74) is 5.94. The van der Waals surface area contributed by atoms with Crippen molar-refractivity contribution in [3.8, 4) is 0 Å². The molecule has 3 heterocycles. The molecule has 3 aliphatic heterocycles. The van der Waals surface area contributed by atoms with E-state index < -0.39 is 148 Å². The van der Waals surface area contributed by atoms with Crippen LogP contribution in [0.2, 0.25) is 0 Å². The van der Waals surface area contributed by atoms with Gasteiger partial charge in [0.2, 0.25) is 5.91 Å². The number of rotatable bonds is 5. The van der Waals surface area contributed by atoms with E-state index in [4.69, 9.17) is 24.7 Å². The molecule has 13 N–H and O–H groups in total. The molecule has 0 radical (unpaired) electrons. The van der Waals surface area contributed by atoms with Gasteiger partial charge in [-0.25, -0.2) is 8.78 Å². The Balaban J connectivity index is 1.89. The van der Waals surface area contributed by atoms with Crippen molar-refractivity contribution in [2.45, 2.75) is 169 Å². The van der Waals surface area contributed by atoms with Gasteiger partial charge in [-0.15, -0.1) is 0 Å². The van der Waals surface area contributed by atoms with E-state index in [1.54, 1.807) is 85.9 Å². The number of amides is 1. The molecule has 3 rings (SSSR count). The summed E-state index contributed by atoms with van der Waals surface area (Å²) < 4.78 is 49.2. The summed E-state index contributed by atoms with van der Waals surface area (Å²) in [6.07, 6.45) is 0.492. The maximum absolute atomic E-state index is 13.3. The summed E-state index contributed by atoms with van der Waals surface area (Å²) in [6.45, 7) is 2.05. The van der Waals surface area contributed by atoms with Gasteiger partial charge >= 0.3 is 5.97 Å². The van der Waals surface area contributed by atoms with Crippen molar-refractivity contribution in [3.05, 3.63) is 85.1 Å². The minimum atomic E-state index is -2.94. The smallest absolute Gasteiger partial charge is 0.308 e. The number of nitrogens with two attached hydrogens (primary N) is 1. The zero-order chi connectivity index (χ0) is 49.7. The number of hydrogen-bond donors (Lipinski definition) is 12. The van der Waals surface area contributed by atoms with E-state index in [0.717, 1.165) is 0 Å². The van der Waals surface area contributed by atoms with Crippen LogP contribution in [0.25, 0.3) is 0 Å². The summed E-state index contributed by atoms with van der Waals surface area (Å²) in [4.78, 5) is 25.8. The summed E-state index contributed by atoms with van der Waals surface area (Å²) >= 11 is 0. The maximum atomic E-state index is 13.3. The third-order valence-corrected chi connectivity index (χ3v) is 11.5. The van der Waals surface area contributed by atoms with E-state index in [0.29, 0.717) is 0 Å². The minimum Gasteiger partial charge on any atom is -0.462 e. The highest BCUT2D eigenvalue weighted by Gasteiger charge is 2.50. The minimum absolute atomic E-state index is 0.132. The Morgan fingerprint density at radius 2 is 1.34 bits per heavy atom. The zero-order valence-electron chi connectivity index (χ0n) is 37.9. The fourth-order valence-electron chi connectivity index (χ4n) is 7.81. The molecule has 0 aromatic rings. The average Bonchev–Trinajstić information content (AvgIpc) is 3.23. The maximum Gasteiger partial charge on any atom is 0.308 e. The number of esters is 1. The molecule has 18 nitrogen and oxygen atoms in total. The van der Waals surface area contributed by atoms with Crippen LogP contribution in [-0.2, 0) is 28.5 Å². The Morgan fingerprint density at radius 3 is 1.96 bits per heavy atom. The summed E-state index contributed by atoms with van der Waals surface area (Å²) in [7, 11) is 0. The Bertz CT molecular complexity index is 1700. The number of carbonyl (C=O) groups is 2. The Hall–Kier alpha value is -3.58. The first-order chi connectivity index (χ1) is 31.7. The summed E-state index contributed by atoms with van der Waals surface area (Å²) in [6, 6.07) is -1.17. The normalized spacial score (nSPS) is 42.3. The number of halogens is 2. The topological polar surface area (TPSA) is 311 Å². The molecular formula is C47H72F2N2O16. The molecule has 2 saturated heterocycles. The van der Waals surface area contributed by atoms with Crippen LogP contribution in [-0.4, -0.2) is 174 Å². The number of carbonyl (C=O) groups excluding carboxylic acids is 2. The second-order valence-electron chi connectivity index (χ2n) is 17.5. The number of allylic oxidation sites excluding steroid dienone is 12. The number of fused-ring (bicyclic) bond motifs is 2. The molecule has 3 aliphatic rings. The first-order valence-corrected chi connectivity index (χ1v) is 22.7. The number of alkyl halides is 2. The van der Waals surface area contributed by atoms with E-state index in [2.05, 4.69) is 5.32 Å². The zero-order valence-corrected chi connectivity index (χ0v) is 37.9. The van der Waals surface area contributed by atoms with Crippen molar-refractivity contribution >= 4 is 11.9 Å². The fraction of sp³-hybridized carbons (Fsp3) is 0.660. The quantitative estimate of drug-likeness (QED) is 0.166. The molecule has 0 aliphatic carbocycles. The van der Waals surface area contributed by atoms with Crippen LogP contribution >= 0.6 is 0 Å². The monoisotopic (exact) mass is 958 g/mol. The van der Waals surface area contributed by atoms with Gasteiger partial charge in [-0.05, 0) is 26.2 Å². The molecule has 0 aromatic carbocycles. The predicted octanol–water partition coefficient (Wildman–Crippen LogP) is 0.374. The lowest BCUT2D eigenvalue weighted by Gasteiger charge is -2.45. The van der Waals surface area contributed by atoms with Crippen LogP contribution in [0, 0.1) is 11.8 Å². The lowest BCUT2D eigenvalue weighted by Crippen LogP contribution is -2.59. The molecule has 2 fully saturated rings. The average molecular weight is 959 g/mol. The van der Waals surface area contributed by atoms with Gasteiger partial charge in [-0.2, -0.15) is 0 Å². The van der Waals surface area contributed by atoms with Crippen LogP contribution in [0.15, 0.2) is 85.1 Å². The first kappa shape index (κ1) is 57.7. The number of aliphatic hydroxyl groups is 10. The molecule has 20 heteroatoms. The van der Waals surface area contributed by atoms with Crippen molar-refractivity contribution in [2.24, 2.45) is 17.6 Å². The lowest BCUT2D eigenvalue weighted by molar-refractivity contribution is -0.304. The van der Waals surface area contributed by atoms with Crippen molar-refractivity contribution in [2.75, 3.05) is 13.2 Å². The van der Waals surface area contributed by atoms with E-state index in [9.17, 15) is 69.4 Å². The third kappa shape index (κ3) is 21.3. The summed E-state index contributed by atoms with van der Waals surface area (Å²) in [5.74, 6) is -6.02. The van der Waals surface area contributed by atoms with E-state index >= 15 is 0 Å². The molecule has 380 valence electrons. The van der Waals surface area contributed by atoms with E-state index in [-0.39, 0.29) is 44.6 Å². The highest BCUT2D eigenvalue weighted by Crippen LogP contribution is 2.38. The van der Waals surface area contributed by atoms with Gasteiger partial charge in [0.15, 0.2) is 12.1 Å². The SMILES string of the molecule is C[C@H]1C[C@H](O)[C@@H](C)/C=C/C=C/C=C/C=C/C=C/C=C/C=C/C(O[C@@H]2OC[C@@H](O)[C@H](N)[C@H]2O)C[C@@H]2OC(O)(CC(O)CC(O)C(O)CCC(O)CC(O)CC(=O)O1)C[C@H](O)[C@H]2C(=O)NCC(F)F. The van der Waals surface area contributed by atoms with E-state index in [1.807, 2.05) is 6.92 Å². The summed E-state index contributed by atoms with van der Waals surface area (Å²) in [5, 5.41) is 110. The largest absolute Gasteiger partial charge is 0.462 e. The van der Waals surface area contributed by atoms with Crippen molar-refractivity contribution in [1.29, 1.82) is 0 Å². The van der Waals surface area contributed by atoms with Gasteiger partial charge in [-0.3, -0.25) is 9.59 Å². The van der Waals surface area contributed by atoms with Gasteiger partial charge in [0.25, 0.3) is 6.43 Å². The van der Waals surface area contributed by atoms with Crippen molar-refractivity contribution in [3.63, 3.8) is 0 Å². The molecule has 2 bridgehead atoms. The fourth-order valence-corrected chi connectivity index (χ4v) is 7.81. The van der Waals surface area contributed by atoms with Gasteiger partial charge in [0.05, 0.1) is 92.6 Å². The highest BCUT2D eigenvalue weighted by molar-refractivity contribution is 5.80. The second kappa shape index (κ2) is 29.4. The van der Waals surface area contributed by atoms with Crippen LogP contribution in [0.4, 0.5) is 8.78 Å². The Labute approximate surface area is 390 Å². The van der Waals surface area contributed by atoms with Crippen LogP contribution in [0.1, 0.15) is 71.6 Å². The Morgan fingerprint density at radius 1 is 0.746 bits per heavy atom. The van der Waals surface area contributed by atoms with Gasteiger partial charge in [0.1, 0.15) is 12.2 Å². The van der Waals surface area contributed by atoms with E-state index in [1.165, 1.54) is 6.08 Å². The number of hydrogen-bond acceptors (Lipinski definition) is 17. The van der Waals surface area contributed by atoms with Gasteiger partial charge in [0, 0.05) is 38.0 Å². The molecule has 67 heavy (non-hydrogen) atoms. The van der Waals surface area contributed by atoms with Crippen LogP contribution in [0.5, 0.6) is 0 Å². The van der Waals surface area contributed by atoms with Crippen LogP contribution < -0.4 is 11.1 Å². The molecule has 0 spiro atoms. The lowest BCUT2D eigenvalue weighted by atomic mass is 9.82. The van der Waals surface area contributed by atoms with Crippen molar-refractivity contribution < 1.29 is 88.4 Å². The van der Waals surface area contributed by atoms with Crippen molar-refractivity contribution in [1.82, 2.24) is 5.32 Å². The third-order valence-electron chi connectivity index (χ3n) is 11.5. The standard InChI is InChI=1S/C47H72F2N2O16/c1-28-15-13-11-9-7-5-3-4-6-8-10-12-14-16-33(66-46-44(61)43(50)38(59)27-64-46)23-39-42(45(62)51-26-40(48)49)37(58)25-47(63,67-39)24-32(54)21-36(57)34(55)18-17-30(52)20-31(53)22-41(60)65-29(2)19-35(28)56/h3-16,28-40,42-44,46,52-59,61,63H,17-27,50H2,1-2H3,(H,51,62)/b4-3+,7-5+,8-6+,11-9+,12-10+,15-13+,16-14+/t28-,29-,30?,31?,32?,33?,34?,35-,36?,37-,38+,39-,42+,43-,44+,46-,47?/m0/s1.